The summed E-state index contributed by atoms with van der Waals surface area (Å²) < 4.78 is 1.64. The van der Waals surface area contributed by atoms with E-state index in [0.29, 0.717) is 11.1 Å². The second kappa shape index (κ2) is 4.99. The minimum atomic E-state index is -0.455. The Bertz CT molecular complexity index is 394. The van der Waals surface area contributed by atoms with Gasteiger partial charge in [0.2, 0.25) is 0 Å². The Morgan fingerprint density at radius 2 is 1.94 bits per heavy atom. The molecule has 1 aliphatic rings. The van der Waals surface area contributed by atoms with Gasteiger partial charge in [0.1, 0.15) is 5.15 Å². The molecule has 0 amide bonds. The zero-order valence-electron chi connectivity index (χ0n) is 10.8. The van der Waals surface area contributed by atoms with E-state index in [-0.39, 0.29) is 0 Å². The summed E-state index contributed by atoms with van der Waals surface area (Å²) in [6.07, 6.45) is 4.14. The topological polar surface area (TPSA) is 38.0 Å². The number of hydrogen-bond acceptors (Lipinski definition) is 2. The summed E-state index contributed by atoms with van der Waals surface area (Å²) >= 11 is 6.20. The molecule has 1 fully saturated rings. The Morgan fingerprint density at radius 1 is 1.35 bits per heavy atom. The fourth-order valence-electron chi connectivity index (χ4n) is 2.82. The molecule has 2 rings (SSSR count). The Kier molecular flexibility index (Phi) is 3.79. The van der Waals surface area contributed by atoms with Gasteiger partial charge in [-0.15, -0.1) is 0 Å². The van der Waals surface area contributed by atoms with E-state index in [1.807, 2.05) is 14.0 Å². The van der Waals surface area contributed by atoms with E-state index in [4.69, 9.17) is 11.6 Å². The number of aromatic nitrogens is 2. The fraction of sp³-hybridized carbons (Fsp3) is 0.769. The Hall–Kier alpha value is -0.540. The molecular weight excluding hydrogens is 236 g/mol. The molecule has 1 aromatic heterocycles. The van der Waals surface area contributed by atoms with Gasteiger partial charge < -0.3 is 5.11 Å². The summed E-state index contributed by atoms with van der Waals surface area (Å²) in [4.78, 5) is 0. The van der Waals surface area contributed by atoms with Crippen molar-refractivity contribution in [2.45, 2.75) is 45.6 Å². The van der Waals surface area contributed by atoms with Gasteiger partial charge in [-0.25, -0.2) is 0 Å². The summed E-state index contributed by atoms with van der Waals surface area (Å²) in [6.45, 7) is 4.20. The quantitative estimate of drug-likeness (QED) is 0.882. The van der Waals surface area contributed by atoms with Crippen LogP contribution in [0.15, 0.2) is 0 Å². The highest BCUT2D eigenvalue weighted by Gasteiger charge is 2.29. The van der Waals surface area contributed by atoms with E-state index >= 15 is 0 Å². The molecule has 1 aromatic rings. The maximum absolute atomic E-state index is 10.5. The molecule has 0 radical (unpaired) electrons. The zero-order valence-corrected chi connectivity index (χ0v) is 11.5. The van der Waals surface area contributed by atoms with Gasteiger partial charge in [-0.2, -0.15) is 5.10 Å². The lowest BCUT2D eigenvalue weighted by atomic mass is 9.78. The highest BCUT2D eigenvalue weighted by molar-refractivity contribution is 6.30. The number of rotatable bonds is 2. The third-order valence-electron chi connectivity index (χ3n) is 4.00. The largest absolute Gasteiger partial charge is 0.388 e. The monoisotopic (exact) mass is 256 g/mol. The summed E-state index contributed by atoms with van der Waals surface area (Å²) in [5.74, 6) is 1.13. The van der Waals surface area contributed by atoms with E-state index < -0.39 is 6.10 Å². The zero-order chi connectivity index (χ0) is 12.6. The van der Waals surface area contributed by atoms with Gasteiger partial charge in [-0.3, -0.25) is 4.68 Å². The van der Waals surface area contributed by atoms with E-state index in [1.54, 1.807) is 4.68 Å². The average molecular weight is 257 g/mol. The molecule has 0 aromatic carbocycles. The van der Waals surface area contributed by atoms with Crippen LogP contribution >= 0.6 is 11.6 Å². The van der Waals surface area contributed by atoms with Crippen molar-refractivity contribution in [2.24, 2.45) is 18.9 Å². The summed E-state index contributed by atoms with van der Waals surface area (Å²) in [7, 11) is 1.81. The van der Waals surface area contributed by atoms with Crippen LogP contribution in [0.2, 0.25) is 5.15 Å². The highest BCUT2D eigenvalue weighted by atomic mass is 35.5. The minimum absolute atomic E-state index is 0.339. The number of hydrogen-bond donors (Lipinski definition) is 1. The molecule has 0 aliphatic heterocycles. The Labute approximate surface area is 108 Å². The van der Waals surface area contributed by atoms with Crippen LogP contribution in [0.5, 0.6) is 0 Å². The standard InChI is InChI=1S/C13H21ClN2O/c1-8-4-6-10(7-5-8)12(17)11-9(2)15-16(3)13(11)14/h8,10,12,17H,4-7H2,1-3H3. The lowest BCUT2D eigenvalue weighted by Gasteiger charge is -2.29. The molecule has 0 bridgehead atoms. The van der Waals surface area contributed by atoms with Crippen LogP contribution in [-0.2, 0) is 7.05 Å². The van der Waals surface area contributed by atoms with Crippen LogP contribution in [0.25, 0.3) is 0 Å². The van der Waals surface area contributed by atoms with Gasteiger partial charge in [0, 0.05) is 12.6 Å². The van der Waals surface area contributed by atoms with E-state index in [1.165, 1.54) is 12.8 Å². The number of aryl methyl sites for hydroxylation is 2. The Balaban J connectivity index is 2.16. The molecule has 17 heavy (non-hydrogen) atoms. The first-order valence-electron chi connectivity index (χ1n) is 6.37. The summed E-state index contributed by atoms with van der Waals surface area (Å²) in [5.41, 5.74) is 1.68. The van der Waals surface area contributed by atoms with E-state index in [9.17, 15) is 5.11 Å². The maximum Gasteiger partial charge on any atom is 0.132 e. The molecule has 4 heteroatoms. The molecule has 1 saturated carbocycles. The molecule has 0 saturated heterocycles. The smallest absolute Gasteiger partial charge is 0.132 e. The van der Waals surface area contributed by atoms with Crippen LogP contribution in [-0.4, -0.2) is 14.9 Å². The van der Waals surface area contributed by atoms with Crippen molar-refractivity contribution in [1.29, 1.82) is 0 Å². The molecule has 1 heterocycles. The van der Waals surface area contributed by atoms with Crippen LogP contribution in [0.1, 0.15) is 50.0 Å². The van der Waals surface area contributed by atoms with E-state index in [0.717, 1.165) is 30.0 Å². The molecule has 3 nitrogen and oxygen atoms in total. The minimum Gasteiger partial charge on any atom is -0.388 e. The SMILES string of the molecule is Cc1nn(C)c(Cl)c1C(O)C1CCC(C)CC1. The second-order valence-corrected chi connectivity index (χ2v) is 5.74. The average Bonchev–Trinajstić information content (AvgIpc) is 2.53. The van der Waals surface area contributed by atoms with Crippen LogP contribution in [0.4, 0.5) is 0 Å². The molecule has 96 valence electrons. The molecular formula is C13H21ClN2O. The van der Waals surface area contributed by atoms with Gasteiger partial charge >= 0.3 is 0 Å². The predicted molar refractivity (Wildman–Crippen MR) is 69.0 cm³/mol. The number of halogens is 1. The van der Waals surface area contributed by atoms with Gasteiger partial charge in [0.05, 0.1) is 11.8 Å². The fourth-order valence-corrected chi connectivity index (χ4v) is 3.11. The van der Waals surface area contributed by atoms with Gasteiger partial charge in [-0.05, 0) is 31.6 Å². The predicted octanol–water partition coefficient (Wildman–Crippen LogP) is 3.24. The first kappa shape index (κ1) is 12.9. The Morgan fingerprint density at radius 3 is 2.41 bits per heavy atom. The number of aliphatic hydroxyl groups excluding tert-OH is 1. The first-order chi connectivity index (χ1) is 8.00. The van der Waals surface area contributed by atoms with Crippen LogP contribution in [0, 0.1) is 18.8 Å². The summed E-state index contributed by atoms with van der Waals surface area (Å²) in [5, 5.41) is 15.3. The second-order valence-electron chi connectivity index (χ2n) is 5.38. The number of aliphatic hydroxyl groups is 1. The van der Waals surface area contributed by atoms with Gasteiger partial charge in [-0.1, -0.05) is 31.4 Å². The van der Waals surface area contributed by atoms with Crippen molar-refractivity contribution in [2.75, 3.05) is 0 Å². The van der Waals surface area contributed by atoms with Crippen molar-refractivity contribution in [3.8, 4) is 0 Å². The molecule has 0 spiro atoms. The van der Waals surface area contributed by atoms with Gasteiger partial charge in [0.15, 0.2) is 0 Å². The molecule has 1 N–H and O–H groups in total. The van der Waals surface area contributed by atoms with Crippen molar-refractivity contribution < 1.29 is 5.11 Å². The lowest BCUT2D eigenvalue weighted by molar-refractivity contribution is 0.0751. The maximum atomic E-state index is 10.5. The molecule has 1 unspecified atom stereocenters. The first-order valence-corrected chi connectivity index (χ1v) is 6.75. The van der Waals surface area contributed by atoms with Crippen LogP contribution < -0.4 is 0 Å². The van der Waals surface area contributed by atoms with Crippen molar-refractivity contribution in [3.63, 3.8) is 0 Å². The van der Waals surface area contributed by atoms with Crippen LogP contribution in [0.3, 0.4) is 0 Å². The third kappa shape index (κ3) is 2.50. The summed E-state index contributed by atoms with van der Waals surface area (Å²) in [6, 6.07) is 0. The van der Waals surface area contributed by atoms with E-state index in [2.05, 4.69) is 12.0 Å². The van der Waals surface area contributed by atoms with Crippen molar-refractivity contribution >= 4 is 11.6 Å². The lowest BCUT2D eigenvalue weighted by Crippen LogP contribution is -2.19. The highest BCUT2D eigenvalue weighted by Crippen LogP contribution is 2.39. The number of nitrogens with zero attached hydrogens (tertiary/aromatic N) is 2. The molecule has 1 atom stereocenters. The van der Waals surface area contributed by atoms with Crippen molar-refractivity contribution in [1.82, 2.24) is 9.78 Å². The van der Waals surface area contributed by atoms with Gasteiger partial charge in [0.25, 0.3) is 0 Å². The normalized spacial score (nSPS) is 27.1. The van der Waals surface area contributed by atoms with Crippen molar-refractivity contribution in [3.05, 3.63) is 16.4 Å². The molecule has 1 aliphatic carbocycles. The third-order valence-corrected chi connectivity index (χ3v) is 4.45.